The Kier molecular flexibility index (Phi) is 4.05. The van der Waals surface area contributed by atoms with Crippen LogP contribution in [0.2, 0.25) is 0 Å². The van der Waals surface area contributed by atoms with Crippen LogP contribution in [0.15, 0.2) is 78.9 Å². The molecule has 0 spiro atoms. The summed E-state index contributed by atoms with van der Waals surface area (Å²) in [6.45, 7) is 0. The van der Waals surface area contributed by atoms with E-state index in [0.29, 0.717) is 27.8 Å². The summed E-state index contributed by atoms with van der Waals surface area (Å²) >= 11 is 0. The van der Waals surface area contributed by atoms with E-state index in [1.165, 1.54) is 0 Å². The molecule has 1 atom stereocenters. The molecule has 1 N–H and O–H groups in total. The number of rotatable bonds is 1. The van der Waals surface area contributed by atoms with Crippen LogP contribution in [0.4, 0.5) is 13.2 Å². The first-order chi connectivity index (χ1) is 12.9. The molecule has 3 aromatic carbocycles. The first-order valence-corrected chi connectivity index (χ1v) is 8.47. The second-order valence-electron chi connectivity index (χ2n) is 6.49. The minimum Gasteiger partial charge on any atom is -0.369 e. The van der Waals surface area contributed by atoms with Gasteiger partial charge in [0, 0.05) is 5.56 Å². The molecule has 1 unspecified atom stereocenters. The topological polar surface area (TPSA) is 20.2 Å². The lowest BCUT2D eigenvalue weighted by molar-refractivity contribution is -0.239. The van der Waals surface area contributed by atoms with E-state index in [1.807, 2.05) is 0 Å². The number of aliphatic hydroxyl groups is 1. The largest absolute Gasteiger partial charge is 0.429 e. The zero-order valence-corrected chi connectivity index (χ0v) is 14.2. The molecule has 0 bridgehead atoms. The van der Waals surface area contributed by atoms with Crippen LogP contribution in [0, 0.1) is 11.8 Å². The fraction of sp³-hybridized carbons (Fsp3) is 0.130. The Morgan fingerprint density at radius 2 is 1.19 bits per heavy atom. The number of hydrogen-bond acceptors (Lipinski definition) is 1. The summed E-state index contributed by atoms with van der Waals surface area (Å²) < 4.78 is 42.3. The maximum atomic E-state index is 14.1. The highest BCUT2D eigenvalue weighted by Crippen LogP contribution is 2.53. The highest BCUT2D eigenvalue weighted by atomic mass is 19.4. The van der Waals surface area contributed by atoms with E-state index in [9.17, 15) is 18.3 Å². The van der Waals surface area contributed by atoms with Crippen molar-refractivity contribution < 1.29 is 18.3 Å². The van der Waals surface area contributed by atoms with E-state index in [0.717, 1.165) is 0 Å². The molecule has 4 heteroatoms. The third kappa shape index (κ3) is 2.81. The van der Waals surface area contributed by atoms with Gasteiger partial charge in [-0.3, -0.25) is 0 Å². The Morgan fingerprint density at radius 3 is 1.70 bits per heavy atom. The van der Waals surface area contributed by atoms with Crippen molar-refractivity contribution in [1.82, 2.24) is 0 Å². The van der Waals surface area contributed by atoms with E-state index < -0.39 is 17.7 Å². The van der Waals surface area contributed by atoms with E-state index >= 15 is 0 Å². The first-order valence-electron chi connectivity index (χ1n) is 8.47. The zero-order valence-electron chi connectivity index (χ0n) is 14.2. The van der Waals surface area contributed by atoms with Crippen molar-refractivity contribution in [2.45, 2.75) is 17.7 Å². The lowest BCUT2D eigenvalue weighted by Crippen LogP contribution is -2.49. The molecule has 4 rings (SSSR count). The van der Waals surface area contributed by atoms with Crippen LogP contribution in [0.1, 0.15) is 22.6 Å². The van der Waals surface area contributed by atoms with Crippen molar-refractivity contribution in [2.24, 2.45) is 0 Å². The van der Waals surface area contributed by atoms with Crippen LogP contribution in [-0.2, 0) is 0 Å². The highest BCUT2D eigenvalue weighted by Gasteiger charge is 2.60. The van der Waals surface area contributed by atoms with Crippen LogP contribution in [0.3, 0.4) is 0 Å². The van der Waals surface area contributed by atoms with Gasteiger partial charge in [-0.05, 0) is 34.4 Å². The monoisotopic (exact) mass is 364 g/mol. The highest BCUT2D eigenvalue weighted by molar-refractivity contribution is 5.80. The molecule has 0 aliphatic heterocycles. The van der Waals surface area contributed by atoms with Gasteiger partial charge in [0.2, 0.25) is 5.60 Å². The summed E-state index contributed by atoms with van der Waals surface area (Å²) in [6, 6.07) is 22.1. The van der Waals surface area contributed by atoms with Crippen molar-refractivity contribution >= 4 is 0 Å². The molecule has 27 heavy (non-hydrogen) atoms. The Balaban J connectivity index is 1.93. The molecule has 3 aromatic rings. The van der Waals surface area contributed by atoms with Crippen LogP contribution < -0.4 is 0 Å². The van der Waals surface area contributed by atoms with Crippen molar-refractivity contribution in [3.05, 3.63) is 95.6 Å². The number of halogens is 3. The van der Waals surface area contributed by atoms with Gasteiger partial charge >= 0.3 is 6.18 Å². The molecule has 0 amide bonds. The molecule has 1 aliphatic rings. The molecule has 0 aromatic heterocycles. The second-order valence-corrected chi connectivity index (χ2v) is 6.49. The Hall–Kier alpha value is -3.03. The summed E-state index contributed by atoms with van der Waals surface area (Å²) in [4.78, 5) is 0. The van der Waals surface area contributed by atoms with Crippen LogP contribution in [0.25, 0.3) is 11.1 Å². The number of alkyl halides is 3. The van der Waals surface area contributed by atoms with Gasteiger partial charge in [-0.25, -0.2) is 0 Å². The molecule has 1 nitrogen and oxygen atoms in total. The Bertz CT molecular complexity index is 999. The summed E-state index contributed by atoms with van der Waals surface area (Å²) in [7, 11) is 0. The predicted octanol–water partition coefficient (Wildman–Crippen LogP) is 5.14. The molecular weight excluding hydrogens is 349 g/mol. The van der Waals surface area contributed by atoms with Gasteiger partial charge in [-0.2, -0.15) is 13.2 Å². The fourth-order valence-electron chi connectivity index (χ4n) is 3.60. The fourth-order valence-corrected chi connectivity index (χ4v) is 3.60. The van der Waals surface area contributed by atoms with Gasteiger partial charge in [0.25, 0.3) is 0 Å². The maximum Gasteiger partial charge on any atom is 0.429 e. The van der Waals surface area contributed by atoms with Gasteiger partial charge in [-0.15, -0.1) is 0 Å². The Labute approximate surface area is 155 Å². The van der Waals surface area contributed by atoms with E-state index in [1.54, 1.807) is 78.9 Å². The lowest BCUT2D eigenvalue weighted by atomic mass is 9.80. The van der Waals surface area contributed by atoms with Gasteiger partial charge in [-0.1, -0.05) is 78.6 Å². The third-order valence-corrected chi connectivity index (χ3v) is 4.85. The normalized spacial score (nSPS) is 15.3. The number of fused-ring (bicyclic) bond motifs is 3. The average Bonchev–Trinajstić information content (AvgIpc) is 3.01. The average molecular weight is 364 g/mol. The first kappa shape index (κ1) is 17.4. The van der Waals surface area contributed by atoms with Gasteiger partial charge < -0.3 is 5.11 Å². The summed E-state index contributed by atoms with van der Waals surface area (Å²) in [5.41, 5.74) is -0.531. The van der Waals surface area contributed by atoms with Gasteiger partial charge in [0.05, 0.1) is 5.92 Å². The SMILES string of the molecule is OC(C#Cc1ccccc1)(C1c2ccccc2-c2ccccc21)C(F)(F)F. The molecule has 0 fully saturated rings. The minimum absolute atomic E-state index is 0.416. The molecule has 0 saturated carbocycles. The van der Waals surface area contributed by atoms with Crippen LogP contribution in [0.5, 0.6) is 0 Å². The molecule has 134 valence electrons. The number of benzene rings is 3. The molecule has 1 aliphatic carbocycles. The summed E-state index contributed by atoms with van der Waals surface area (Å²) in [6.07, 6.45) is -4.93. The van der Waals surface area contributed by atoms with E-state index in [4.69, 9.17) is 0 Å². The predicted molar refractivity (Wildman–Crippen MR) is 98.0 cm³/mol. The molecule has 0 saturated heterocycles. The minimum atomic E-state index is -4.93. The van der Waals surface area contributed by atoms with Crippen molar-refractivity contribution in [1.29, 1.82) is 0 Å². The van der Waals surface area contributed by atoms with E-state index in [2.05, 4.69) is 11.8 Å². The molecule has 0 radical (unpaired) electrons. The van der Waals surface area contributed by atoms with Crippen molar-refractivity contribution in [3.63, 3.8) is 0 Å². The Morgan fingerprint density at radius 1 is 0.704 bits per heavy atom. The van der Waals surface area contributed by atoms with Gasteiger partial charge in [0.15, 0.2) is 0 Å². The second kappa shape index (κ2) is 6.29. The van der Waals surface area contributed by atoms with Gasteiger partial charge in [0.1, 0.15) is 0 Å². The van der Waals surface area contributed by atoms with Crippen molar-refractivity contribution in [2.75, 3.05) is 0 Å². The zero-order chi connectivity index (χ0) is 19.1. The smallest absolute Gasteiger partial charge is 0.369 e. The summed E-state index contributed by atoms with van der Waals surface area (Å²) in [5.74, 6) is 3.36. The van der Waals surface area contributed by atoms with Crippen LogP contribution >= 0.6 is 0 Å². The molecular formula is C23H15F3O. The standard InChI is InChI=1S/C23H15F3O/c24-23(25,26)22(27,15-14-16-8-2-1-3-9-16)21-19-12-6-4-10-17(19)18-11-5-7-13-20(18)21/h1-13,21,27H. The summed E-state index contributed by atoms with van der Waals surface area (Å²) in [5, 5.41) is 10.9. The van der Waals surface area contributed by atoms with E-state index in [-0.39, 0.29) is 0 Å². The quantitative estimate of drug-likeness (QED) is 0.593. The lowest BCUT2D eigenvalue weighted by Gasteiger charge is -2.32. The van der Waals surface area contributed by atoms with Crippen molar-refractivity contribution in [3.8, 4) is 23.0 Å². The van der Waals surface area contributed by atoms with Crippen LogP contribution in [-0.4, -0.2) is 16.9 Å². The number of hydrogen-bond donors (Lipinski definition) is 1. The third-order valence-electron chi connectivity index (χ3n) is 4.85. The maximum absolute atomic E-state index is 14.1. The molecule has 0 heterocycles.